The fraction of sp³-hybridized carbons (Fsp3) is 0.514. The Labute approximate surface area is 303 Å². The van der Waals surface area contributed by atoms with Crippen LogP contribution in [0.1, 0.15) is 55.6 Å². The van der Waals surface area contributed by atoms with Crippen LogP contribution in [0.3, 0.4) is 0 Å². The van der Waals surface area contributed by atoms with Gasteiger partial charge in [0.2, 0.25) is 16.8 Å². The number of nitrogens with one attached hydrogen (secondary N) is 2. The van der Waals surface area contributed by atoms with Crippen molar-refractivity contribution in [3.05, 3.63) is 78.3 Å². The monoisotopic (exact) mass is 741 g/mol. The SMILES string of the molecule is CC(C)(CCCCNC(=O)c1ccco1)CN(C[C@@H](O)[C@H](Cc1ccccc1)NC(=O)O[C@H]1CO[C@H]2OCC[C@H]21)S(=O)(=O)c1ccc2c(c1)OCO2. The summed E-state index contributed by atoms with van der Waals surface area (Å²) in [6, 6.07) is 16.1. The van der Waals surface area contributed by atoms with E-state index in [-0.39, 0.29) is 55.4 Å². The van der Waals surface area contributed by atoms with Crippen molar-refractivity contribution in [2.45, 2.75) is 75.4 Å². The van der Waals surface area contributed by atoms with Crippen molar-refractivity contribution in [2.75, 3.05) is 39.6 Å². The number of nitrogens with zero attached hydrogens (tertiary/aromatic N) is 1. The van der Waals surface area contributed by atoms with E-state index in [1.54, 1.807) is 18.2 Å². The molecule has 6 rings (SSSR count). The van der Waals surface area contributed by atoms with Crippen LogP contribution in [0.4, 0.5) is 4.79 Å². The van der Waals surface area contributed by atoms with Gasteiger partial charge >= 0.3 is 6.09 Å². The number of unbranched alkanes of at least 4 members (excludes halogenated alkanes) is 1. The second kappa shape index (κ2) is 16.7. The van der Waals surface area contributed by atoms with Crippen molar-refractivity contribution < 1.29 is 51.2 Å². The summed E-state index contributed by atoms with van der Waals surface area (Å²) in [7, 11) is -4.19. The first-order valence-electron chi connectivity index (χ1n) is 17.6. The third-order valence-corrected chi connectivity index (χ3v) is 11.4. The van der Waals surface area contributed by atoms with E-state index in [0.29, 0.717) is 50.3 Å². The highest BCUT2D eigenvalue weighted by atomic mass is 32.2. The van der Waals surface area contributed by atoms with Crippen LogP contribution in [0.5, 0.6) is 11.5 Å². The summed E-state index contributed by atoms with van der Waals surface area (Å²) in [6.07, 6.45) is 1.41. The maximum absolute atomic E-state index is 14.4. The smallest absolute Gasteiger partial charge is 0.407 e. The van der Waals surface area contributed by atoms with Gasteiger partial charge in [0, 0.05) is 25.7 Å². The highest BCUT2D eigenvalue weighted by Crippen LogP contribution is 2.36. The molecule has 14 nitrogen and oxygen atoms in total. The highest BCUT2D eigenvalue weighted by molar-refractivity contribution is 7.89. The minimum Gasteiger partial charge on any atom is -0.459 e. The lowest BCUT2D eigenvalue weighted by molar-refractivity contribution is -0.0907. The zero-order chi connectivity index (χ0) is 36.7. The molecule has 5 atom stereocenters. The second-order valence-corrected chi connectivity index (χ2v) is 16.1. The Balaban J connectivity index is 1.16. The lowest BCUT2D eigenvalue weighted by Crippen LogP contribution is -2.52. The van der Waals surface area contributed by atoms with Gasteiger partial charge in [0.05, 0.1) is 42.4 Å². The molecular weight excluding hydrogens is 694 g/mol. The molecule has 4 heterocycles. The first kappa shape index (κ1) is 37.6. The van der Waals surface area contributed by atoms with Gasteiger partial charge in [-0.15, -0.1) is 0 Å². The molecule has 3 aromatic rings. The van der Waals surface area contributed by atoms with Crippen LogP contribution in [0.15, 0.2) is 76.2 Å². The molecule has 0 radical (unpaired) electrons. The van der Waals surface area contributed by atoms with Crippen molar-refractivity contribution in [3.8, 4) is 11.5 Å². The van der Waals surface area contributed by atoms with E-state index >= 15 is 0 Å². The molecule has 0 saturated carbocycles. The van der Waals surface area contributed by atoms with Crippen molar-refractivity contribution >= 4 is 22.0 Å². The Hall–Kier alpha value is -4.15. The molecule has 3 aliphatic rings. The lowest BCUT2D eigenvalue weighted by atomic mass is 9.87. The predicted octanol–water partition coefficient (Wildman–Crippen LogP) is 4.09. The Morgan fingerprint density at radius 1 is 1.04 bits per heavy atom. The number of hydrogen-bond donors (Lipinski definition) is 3. The van der Waals surface area contributed by atoms with Crippen molar-refractivity contribution in [1.29, 1.82) is 0 Å². The number of rotatable bonds is 17. The standard InChI is InChI=1S/C37H47N3O11S/c1-37(2,15-6-7-16-38-34(42)31-11-8-17-46-31)23-40(52(44,45)26-12-13-30-32(20-26)50-24-49-30)21-29(41)28(19-25-9-4-3-5-10-25)39-36(43)51-33-22-48-35-27(33)14-18-47-35/h3-5,8-13,17,20,27-29,33,35,41H,6-7,14-16,18-19,21-24H2,1-2H3,(H,38,42)(H,39,43)/t27-,28-,29+,33-,35+/m0/s1. The van der Waals surface area contributed by atoms with Gasteiger partial charge in [0.1, 0.15) is 6.10 Å². The fourth-order valence-electron chi connectivity index (χ4n) is 6.77. The van der Waals surface area contributed by atoms with Gasteiger partial charge < -0.3 is 43.8 Å². The number of carbonyl (C=O) groups is 2. The summed E-state index contributed by atoms with van der Waals surface area (Å²) in [6.45, 7) is 4.82. The number of benzene rings is 2. The number of sulfonamides is 1. The summed E-state index contributed by atoms with van der Waals surface area (Å²) in [5, 5.41) is 17.5. The number of aliphatic hydroxyl groups is 1. The number of ether oxygens (including phenoxy) is 5. The number of aliphatic hydroxyl groups excluding tert-OH is 1. The zero-order valence-electron chi connectivity index (χ0n) is 29.4. The van der Waals surface area contributed by atoms with Crippen LogP contribution in [0.25, 0.3) is 0 Å². The van der Waals surface area contributed by atoms with E-state index in [4.69, 9.17) is 28.1 Å². The highest BCUT2D eigenvalue weighted by Gasteiger charge is 2.44. The molecule has 3 aliphatic heterocycles. The van der Waals surface area contributed by atoms with Crippen molar-refractivity contribution in [2.24, 2.45) is 11.3 Å². The number of carbonyl (C=O) groups excluding carboxylic acids is 2. The molecule has 52 heavy (non-hydrogen) atoms. The molecule has 3 N–H and O–H groups in total. The largest absolute Gasteiger partial charge is 0.459 e. The summed E-state index contributed by atoms with van der Waals surface area (Å²) in [5.74, 6) is 0.629. The van der Waals surface area contributed by atoms with E-state index in [0.717, 1.165) is 5.56 Å². The second-order valence-electron chi connectivity index (χ2n) is 14.1. The average molecular weight is 742 g/mol. The van der Waals surface area contributed by atoms with Gasteiger partial charge in [-0.2, -0.15) is 4.31 Å². The van der Waals surface area contributed by atoms with Crippen LogP contribution in [-0.2, 0) is 30.7 Å². The molecule has 0 unspecified atom stereocenters. The molecule has 15 heteroatoms. The fourth-order valence-corrected chi connectivity index (χ4v) is 8.44. The van der Waals surface area contributed by atoms with E-state index < -0.39 is 46.1 Å². The minimum atomic E-state index is -4.19. The first-order valence-corrected chi connectivity index (χ1v) is 19.1. The maximum Gasteiger partial charge on any atom is 0.407 e. The Kier molecular flexibility index (Phi) is 12.1. The molecule has 0 bridgehead atoms. The van der Waals surface area contributed by atoms with E-state index in [2.05, 4.69) is 10.6 Å². The molecule has 2 fully saturated rings. The normalized spacial score (nSPS) is 20.7. The van der Waals surface area contributed by atoms with Crippen LogP contribution >= 0.6 is 0 Å². The summed E-state index contributed by atoms with van der Waals surface area (Å²) in [5.41, 5.74) is 0.294. The molecular formula is C37H47N3O11S. The third kappa shape index (κ3) is 9.44. The summed E-state index contributed by atoms with van der Waals surface area (Å²) < 4.78 is 63.0. The van der Waals surface area contributed by atoms with Gasteiger partial charge in [0.15, 0.2) is 23.5 Å². The molecule has 282 valence electrons. The van der Waals surface area contributed by atoms with Crippen LogP contribution in [0, 0.1) is 11.3 Å². The van der Waals surface area contributed by atoms with Gasteiger partial charge in [-0.05, 0) is 60.9 Å². The quantitative estimate of drug-likeness (QED) is 0.170. The minimum absolute atomic E-state index is 0.0121. The molecule has 2 amide bonds. The van der Waals surface area contributed by atoms with Gasteiger partial charge in [-0.3, -0.25) is 4.79 Å². The third-order valence-electron chi connectivity index (χ3n) is 9.60. The number of hydrogen-bond acceptors (Lipinski definition) is 11. The van der Waals surface area contributed by atoms with Gasteiger partial charge in [-0.25, -0.2) is 13.2 Å². The predicted molar refractivity (Wildman–Crippen MR) is 187 cm³/mol. The molecule has 2 aromatic carbocycles. The van der Waals surface area contributed by atoms with E-state index in [9.17, 15) is 23.1 Å². The lowest BCUT2D eigenvalue weighted by Gasteiger charge is -2.35. The van der Waals surface area contributed by atoms with Gasteiger partial charge in [-0.1, -0.05) is 50.6 Å². The Morgan fingerprint density at radius 3 is 2.63 bits per heavy atom. The first-order chi connectivity index (χ1) is 25.0. The number of amides is 2. The molecule has 1 aromatic heterocycles. The molecule has 0 aliphatic carbocycles. The van der Waals surface area contributed by atoms with Crippen molar-refractivity contribution in [3.63, 3.8) is 0 Å². The van der Waals surface area contributed by atoms with Crippen molar-refractivity contribution in [1.82, 2.24) is 14.9 Å². The Morgan fingerprint density at radius 2 is 1.85 bits per heavy atom. The average Bonchev–Trinajstić information content (AvgIpc) is 3.95. The molecule has 0 spiro atoms. The topological polar surface area (TPSA) is 175 Å². The number of fused-ring (bicyclic) bond motifs is 2. The summed E-state index contributed by atoms with van der Waals surface area (Å²) >= 11 is 0. The molecule has 2 saturated heterocycles. The summed E-state index contributed by atoms with van der Waals surface area (Å²) in [4.78, 5) is 25.5. The number of furan rings is 1. The Bertz CT molecular complexity index is 1750. The number of alkyl carbamates (subject to hydrolysis) is 1. The maximum atomic E-state index is 14.4. The van der Waals surface area contributed by atoms with Gasteiger partial charge in [0.25, 0.3) is 5.91 Å². The van der Waals surface area contributed by atoms with Crippen LogP contribution in [-0.4, -0.2) is 94.0 Å². The van der Waals surface area contributed by atoms with Crippen LogP contribution < -0.4 is 20.1 Å². The van der Waals surface area contributed by atoms with Crippen LogP contribution in [0.2, 0.25) is 0 Å². The zero-order valence-corrected chi connectivity index (χ0v) is 30.2. The van der Waals surface area contributed by atoms with E-state index in [1.165, 1.54) is 22.7 Å². The van der Waals surface area contributed by atoms with E-state index in [1.807, 2.05) is 44.2 Å².